The van der Waals surface area contributed by atoms with Gasteiger partial charge in [-0.1, -0.05) is 0 Å². The molecular weight excluding hydrogens is 310 g/mol. The Labute approximate surface area is 142 Å². The molecule has 1 saturated heterocycles. The summed E-state index contributed by atoms with van der Waals surface area (Å²) in [4.78, 5) is 14.3. The molecule has 0 aliphatic carbocycles. The quantitative estimate of drug-likeness (QED) is 0.798. The number of anilines is 1. The van der Waals surface area contributed by atoms with Gasteiger partial charge >= 0.3 is 0 Å². The van der Waals surface area contributed by atoms with Gasteiger partial charge in [0, 0.05) is 18.8 Å². The third kappa shape index (κ3) is 6.05. The third-order valence-corrected chi connectivity index (χ3v) is 4.70. The van der Waals surface area contributed by atoms with Gasteiger partial charge in [0.2, 0.25) is 5.91 Å². The second-order valence-electron chi connectivity index (χ2n) is 6.02. The van der Waals surface area contributed by atoms with E-state index < -0.39 is 6.04 Å². The van der Waals surface area contributed by atoms with Crippen molar-refractivity contribution >= 4 is 23.4 Å². The van der Waals surface area contributed by atoms with Crippen LogP contribution in [0.4, 0.5) is 5.69 Å². The van der Waals surface area contributed by atoms with Crippen LogP contribution in [0.3, 0.4) is 0 Å². The zero-order chi connectivity index (χ0) is 16.7. The number of hydrogen-bond donors (Lipinski definition) is 2. The van der Waals surface area contributed by atoms with E-state index in [9.17, 15) is 4.79 Å². The first kappa shape index (κ1) is 18.1. The first-order valence-corrected chi connectivity index (χ1v) is 9.48. The highest BCUT2D eigenvalue weighted by Crippen LogP contribution is 2.21. The molecule has 1 atom stereocenters. The molecule has 5 nitrogen and oxygen atoms in total. The zero-order valence-electron chi connectivity index (χ0n) is 14.0. The van der Waals surface area contributed by atoms with Crippen molar-refractivity contribution in [2.45, 2.75) is 31.4 Å². The number of ether oxygens (including phenoxy) is 1. The first-order chi connectivity index (χ1) is 11.1. The Balaban J connectivity index is 1.81. The second-order valence-corrected chi connectivity index (χ2v) is 7.01. The fourth-order valence-corrected chi connectivity index (χ4v) is 3.01. The number of rotatable bonds is 7. The molecule has 0 spiro atoms. The molecular formula is C17H27N3O2S. The number of amides is 1. The summed E-state index contributed by atoms with van der Waals surface area (Å²) in [5.41, 5.74) is 6.62. The Kier molecular flexibility index (Phi) is 7.20. The van der Waals surface area contributed by atoms with Gasteiger partial charge in [0.25, 0.3) is 0 Å². The number of thioether (sulfide) groups is 1. The molecule has 6 heteroatoms. The van der Waals surface area contributed by atoms with Crippen molar-refractivity contribution in [1.82, 2.24) is 4.90 Å². The van der Waals surface area contributed by atoms with E-state index in [0.29, 0.717) is 6.42 Å². The minimum atomic E-state index is -0.461. The molecule has 0 saturated carbocycles. The van der Waals surface area contributed by atoms with Gasteiger partial charge in [-0.2, -0.15) is 11.8 Å². The van der Waals surface area contributed by atoms with Crippen LogP contribution in [-0.2, 0) is 4.79 Å². The van der Waals surface area contributed by atoms with Crippen LogP contribution in [-0.4, -0.2) is 55.1 Å². The Morgan fingerprint density at radius 1 is 1.39 bits per heavy atom. The lowest BCUT2D eigenvalue weighted by Crippen LogP contribution is -2.36. The summed E-state index contributed by atoms with van der Waals surface area (Å²) >= 11 is 1.69. The maximum atomic E-state index is 12.0. The highest BCUT2D eigenvalue weighted by molar-refractivity contribution is 7.98. The summed E-state index contributed by atoms with van der Waals surface area (Å²) in [6.45, 7) is 2.15. The van der Waals surface area contributed by atoms with Crippen molar-refractivity contribution in [2.24, 2.45) is 5.73 Å². The van der Waals surface area contributed by atoms with E-state index in [1.165, 1.54) is 0 Å². The molecule has 3 N–H and O–H groups in total. The lowest BCUT2D eigenvalue weighted by atomic mass is 10.1. The molecule has 0 bridgehead atoms. The molecule has 1 aliphatic rings. The Morgan fingerprint density at radius 3 is 2.65 bits per heavy atom. The third-order valence-electron chi connectivity index (χ3n) is 4.06. The average molecular weight is 337 g/mol. The molecule has 23 heavy (non-hydrogen) atoms. The highest BCUT2D eigenvalue weighted by atomic mass is 32.2. The number of carbonyl (C=O) groups is 1. The smallest absolute Gasteiger partial charge is 0.241 e. The van der Waals surface area contributed by atoms with E-state index in [2.05, 4.69) is 17.3 Å². The first-order valence-electron chi connectivity index (χ1n) is 8.09. The van der Waals surface area contributed by atoms with E-state index in [4.69, 9.17) is 10.5 Å². The SMILES string of the molecule is CSCC[C@H](N)C(=O)Nc1ccc(OC2CCN(C)CC2)cc1. The van der Waals surface area contributed by atoms with Crippen LogP contribution in [0.2, 0.25) is 0 Å². The number of likely N-dealkylation sites (tertiary alicyclic amines) is 1. The maximum absolute atomic E-state index is 12.0. The van der Waals surface area contributed by atoms with Crippen LogP contribution in [0.1, 0.15) is 19.3 Å². The predicted octanol–water partition coefficient (Wildman–Crippen LogP) is 2.18. The van der Waals surface area contributed by atoms with Gasteiger partial charge in [0.05, 0.1) is 6.04 Å². The molecule has 1 aliphatic heterocycles. The lowest BCUT2D eigenvalue weighted by molar-refractivity contribution is -0.117. The minimum Gasteiger partial charge on any atom is -0.490 e. The number of piperidine rings is 1. The molecule has 1 aromatic carbocycles. The number of nitrogens with two attached hydrogens (primary N) is 1. The van der Waals surface area contributed by atoms with E-state index in [-0.39, 0.29) is 12.0 Å². The second kappa shape index (κ2) is 9.15. The van der Waals surface area contributed by atoms with Crippen molar-refractivity contribution in [3.05, 3.63) is 24.3 Å². The molecule has 2 rings (SSSR count). The molecule has 1 aromatic rings. The van der Waals surface area contributed by atoms with Crippen LogP contribution in [0.25, 0.3) is 0 Å². The number of nitrogens with one attached hydrogen (secondary N) is 1. The van der Waals surface area contributed by atoms with Gasteiger partial charge in [-0.3, -0.25) is 4.79 Å². The normalized spacial score (nSPS) is 17.7. The van der Waals surface area contributed by atoms with Gasteiger partial charge in [0.15, 0.2) is 0 Å². The largest absolute Gasteiger partial charge is 0.490 e. The highest BCUT2D eigenvalue weighted by Gasteiger charge is 2.18. The molecule has 128 valence electrons. The summed E-state index contributed by atoms with van der Waals surface area (Å²) in [5.74, 6) is 1.60. The number of benzene rings is 1. The summed E-state index contributed by atoms with van der Waals surface area (Å²) < 4.78 is 6.00. The van der Waals surface area contributed by atoms with E-state index in [0.717, 1.165) is 43.1 Å². The molecule has 1 amide bonds. The van der Waals surface area contributed by atoms with Crippen molar-refractivity contribution in [1.29, 1.82) is 0 Å². The van der Waals surface area contributed by atoms with Gasteiger partial charge in [-0.25, -0.2) is 0 Å². The van der Waals surface area contributed by atoms with Gasteiger partial charge in [-0.05, 0) is 62.6 Å². The minimum absolute atomic E-state index is 0.136. The van der Waals surface area contributed by atoms with Crippen LogP contribution in [0.15, 0.2) is 24.3 Å². The Morgan fingerprint density at radius 2 is 2.04 bits per heavy atom. The Hall–Kier alpha value is -1.24. The fourth-order valence-electron chi connectivity index (χ4n) is 2.52. The Bertz CT molecular complexity index is 487. The van der Waals surface area contributed by atoms with E-state index in [1.807, 2.05) is 30.5 Å². The maximum Gasteiger partial charge on any atom is 0.241 e. The monoisotopic (exact) mass is 337 g/mol. The van der Waals surface area contributed by atoms with Crippen molar-refractivity contribution in [3.63, 3.8) is 0 Å². The molecule has 0 unspecified atom stereocenters. The van der Waals surface area contributed by atoms with Gasteiger partial charge in [0.1, 0.15) is 11.9 Å². The summed E-state index contributed by atoms with van der Waals surface area (Å²) in [6.07, 6.45) is 5.09. The van der Waals surface area contributed by atoms with Crippen molar-refractivity contribution < 1.29 is 9.53 Å². The van der Waals surface area contributed by atoms with E-state index >= 15 is 0 Å². The van der Waals surface area contributed by atoms with Crippen molar-refractivity contribution in [2.75, 3.05) is 37.5 Å². The fraction of sp³-hybridized carbons (Fsp3) is 0.588. The summed E-state index contributed by atoms with van der Waals surface area (Å²) in [5, 5.41) is 2.85. The van der Waals surface area contributed by atoms with Gasteiger partial charge < -0.3 is 20.7 Å². The number of carbonyl (C=O) groups excluding carboxylic acids is 1. The molecule has 1 fully saturated rings. The van der Waals surface area contributed by atoms with Crippen LogP contribution in [0.5, 0.6) is 5.75 Å². The predicted molar refractivity (Wildman–Crippen MR) is 97.2 cm³/mol. The van der Waals surface area contributed by atoms with Crippen LogP contribution < -0.4 is 15.8 Å². The number of hydrogen-bond acceptors (Lipinski definition) is 5. The standard InChI is InChI=1S/C17H27N3O2S/c1-20-10-7-15(8-11-20)22-14-5-3-13(4-6-14)19-17(21)16(18)9-12-23-2/h3-6,15-16H,7-12,18H2,1-2H3,(H,19,21)/t16-/m0/s1. The molecule has 1 heterocycles. The zero-order valence-corrected chi connectivity index (χ0v) is 14.8. The van der Waals surface area contributed by atoms with Gasteiger partial charge in [-0.15, -0.1) is 0 Å². The van der Waals surface area contributed by atoms with E-state index in [1.54, 1.807) is 11.8 Å². The lowest BCUT2D eigenvalue weighted by Gasteiger charge is -2.29. The molecule has 0 aromatic heterocycles. The summed E-state index contributed by atoms with van der Waals surface area (Å²) in [6, 6.07) is 7.08. The van der Waals surface area contributed by atoms with Crippen LogP contribution in [0, 0.1) is 0 Å². The number of nitrogens with zero attached hydrogens (tertiary/aromatic N) is 1. The average Bonchev–Trinajstić information content (AvgIpc) is 2.56. The topological polar surface area (TPSA) is 67.6 Å². The van der Waals surface area contributed by atoms with Crippen LogP contribution >= 0.6 is 11.8 Å². The molecule has 0 radical (unpaired) electrons. The summed E-state index contributed by atoms with van der Waals surface area (Å²) in [7, 11) is 2.14. The van der Waals surface area contributed by atoms with Crippen molar-refractivity contribution in [3.8, 4) is 5.75 Å².